The van der Waals surface area contributed by atoms with E-state index in [9.17, 15) is 14.7 Å². The van der Waals surface area contributed by atoms with E-state index in [1.54, 1.807) is 25.1 Å². The van der Waals surface area contributed by atoms with Crippen LogP contribution in [0.1, 0.15) is 31.1 Å². The zero-order chi connectivity index (χ0) is 21.0. The summed E-state index contributed by atoms with van der Waals surface area (Å²) in [6.45, 7) is 3.56. The highest BCUT2D eigenvalue weighted by Crippen LogP contribution is 2.32. The van der Waals surface area contributed by atoms with E-state index in [-0.39, 0.29) is 12.3 Å². The number of hydrogen-bond acceptors (Lipinski definition) is 5. The Kier molecular flexibility index (Phi) is 6.56. The summed E-state index contributed by atoms with van der Waals surface area (Å²) < 4.78 is 10.9. The predicted molar refractivity (Wildman–Crippen MR) is 111 cm³/mol. The third-order valence-electron chi connectivity index (χ3n) is 4.59. The highest BCUT2D eigenvalue weighted by Gasteiger charge is 2.19. The molecule has 0 spiro atoms. The van der Waals surface area contributed by atoms with Crippen LogP contribution in [0.15, 0.2) is 57.7 Å². The zero-order valence-corrected chi connectivity index (χ0v) is 16.9. The molecule has 1 heterocycles. The minimum absolute atomic E-state index is 0.0523. The summed E-state index contributed by atoms with van der Waals surface area (Å²) in [6, 6.07) is 13.7. The fraction of sp³-hybridized carbons (Fsp3) is 0.273. The van der Waals surface area contributed by atoms with E-state index < -0.39 is 23.7 Å². The Balaban J connectivity index is 1.70. The number of fused-ring (bicyclic) bond motifs is 1. The number of nitrogens with one attached hydrogen (secondary N) is 1. The number of rotatable bonds is 7. The number of aliphatic hydroxyl groups excluding tert-OH is 1. The summed E-state index contributed by atoms with van der Waals surface area (Å²) in [6.07, 6.45) is -1.03. The van der Waals surface area contributed by atoms with E-state index in [0.717, 1.165) is 10.9 Å². The molecule has 2 N–H and O–H groups in total. The Morgan fingerprint density at radius 2 is 1.97 bits per heavy atom. The highest BCUT2D eigenvalue weighted by molar-refractivity contribution is 6.32. The molecule has 6 nitrogen and oxygen atoms in total. The number of aliphatic hydroxyl groups is 1. The third kappa shape index (κ3) is 4.96. The number of carbonyl (C=O) groups is 1. The lowest BCUT2D eigenvalue weighted by molar-refractivity contribution is -0.127. The molecule has 3 rings (SSSR count). The van der Waals surface area contributed by atoms with Crippen LogP contribution in [0.5, 0.6) is 5.75 Å². The maximum absolute atomic E-state index is 12.3. The fourth-order valence-electron chi connectivity index (χ4n) is 2.99. The van der Waals surface area contributed by atoms with Crippen molar-refractivity contribution in [2.75, 3.05) is 6.54 Å². The van der Waals surface area contributed by atoms with Crippen molar-refractivity contribution in [3.8, 4) is 5.75 Å². The van der Waals surface area contributed by atoms with E-state index in [1.165, 1.54) is 12.1 Å². The molecular formula is C22H22ClNO5. The van der Waals surface area contributed by atoms with Crippen molar-refractivity contribution >= 4 is 28.5 Å². The van der Waals surface area contributed by atoms with Gasteiger partial charge < -0.3 is 19.6 Å². The second kappa shape index (κ2) is 9.11. The van der Waals surface area contributed by atoms with Crippen molar-refractivity contribution in [3.05, 3.63) is 75.1 Å². The summed E-state index contributed by atoms with van der Waals surface area (Å²) in [5.41, 5.74) is 1.43. The summed E-state index contributed by atoms with van der Waals surface area (Å²) in [5, 5.41) is 13.9. The smallest absolute Gasteiger partial charge is 0.336 e. The van der Waals surface area contributed by atoms with Gasteiger partial charge in [0.05, 0.1) is 11.1 Å². The van der Waals surface area contributed by atoms with Crippen LogP contribution in [-0.4, -0.2) is 23.7 Å². The van der Waals surface area contributed by atoms with Gasteiger partial charge >= 0.3 is 5.63 Å². The predicted octanol–water partition coefficient (Wildman–Crippen LogP) is 3.63. The van der Waals surface area contributed by atoms with Gasteiger partial charge in [0.2, 0.25) is 0 Å². The van der Waals surface area contributed by atoms with Gasteiger partial charge in [0.15, 0.2) is 6.10 Å². The van der Waals surface area contributed by atoms with Crippen molar-refractivity contribution in [2.24, 2.45) is 0 Å². The van der Waals surface area contributed by atoms with E-state index in [2.05, 4.69) is 5.32 Å². The van der Waals surface area contributed by atoms with Gasteiger partial charge in [-0.1, -0.05) is 48.9 Å². The molecule has 152 valence electrons. The van der Waals surface area contributed by atoms with Crippen LogP contribution < -0.4 is 15.7 Å². The molecule has 0 bridgehead atoms. The second-order valence-electron chi connectivity index (χ2n) is 6.65. The standard InChI is InChI=1S/C22H22ClNO5/c1-3-14-9-21(26)29-19-11-20(17(23)10-16(14)19)28-13(2)22(27)24-12-18(25)15-7-5-4-6-8-15/h4-11,13,18,25H,3,12H2,1-2H3,(H,24,27)/t13-,18-/m1/s1. The molecule has 1 aromatic heterocycles. The largest absolute Gasteiger partial charge is 0.479 e. The first kappa shape index (κ1) is 20.9. The number of ether oxygens (including phenoxy) is 1. The van der Waals surface area contributed by atoms with Crippen molar-refractivity contribution in [3.63, 3.8) is 0 Å². The highest BCUT2D eigenvalue weighted by atomic mass is 35.5. The van der Waals surface area contributed by atoms with Crippen molar-refractivity contribution in [2.45, 2.75) is 32.5 Å². The minimum Gasteiger partial charge on any atom is -0.479 e. The zero-order valence-electron chi connectivity index (χ0n) is 16.1. The molecular weight excluding hydrogens is 394 g/mol. The summed E-state index contributed by atoms with van der Waals surface area (Å²) >= 11 is 6.31. The van der Waals surface area contributed by atoms with Crippen LogP contribution in [0.3, 0.4) is 0 Å². The van der Waals surface area contributed by atoms with Gasteiger partial charge in [-0.25, -0.2) is 4.79 Å². The quantitative estimate of drug-likeness (QED) is 0.575. The average molecular weight is 416 g/mol. The first-order valence-corrected chi connectivity index (χ1v) is 9.70. The number of benzene rings is 2. The molecule has 0 unspecified atom stereocenters. The van der Waals surface area contributed by atoms with Crippen LogP contribution in [0.2, 0.25) is 5.02 Å². The van der Waals surface area contributed by atoms with E-state index in [1.807, 2.05) is 25.1 Å². The van der Waals surface area contributed by atoms with Crippen LogP contribution in [0.4, 0.5) is 0 Å². The number of carbonyl (C=O) groups excluding carboxylic acids is 1. The van der Waals surface area contributed by atoms with Gasteiger partial charge in [-0.3, -0.25) is 4.79 Å². The number of amides is 1. The first-order valence-electron chi connectivity index (χ1n) is 9.32. The monoisotopic (exact) mass is 415 g/mol. The third-order valence-corrected chi connectivity index (χ3v) is 4.89. The number of halogens is 1. The number of aryl methyl sites for hydroxylation is 1. The minimum atomic E-state index is -0.867. The number of hydrogen-bond donors (Lipinski definition) is 2. The van der Waals surface area contributed by atoms with E-state index in [4.69, 9.17) is 20.8 Å². The van der Waals surface area contributed by atoms with Gasteiger partial charge in [0.1, 0.15) is 11.3 Å². The van der Waals surface area contributed by atoms with Crippen LogP contribution in [0, 0.1) is 0 Å². The van der Waals surface area contributed by atoms with Crippen LogP contribution in [-0.2, 0) is 11.2 Å². The molecule has 0 aliphatic heterocycles. The topological polar surface area (TPSA) is 88.8 Å². The summed E-state index contributed by atoms with van der Waals surface area (Å²) in [4.78, 5) is 24.1. The van der Waals surface area contributed by atoms with Crippen LogP contribution >= 0.6 is 11.6 Å². The molecule has 29 heavy (non-hydrogen) atoms. The molecule has 2 aromatic carbocycles. The van der Waals surface area contributed by atoms with Crippen molar-refractivity contribution in [1.82, 2.24) is 5.32 Å². The van der Waals surface area contributed by atoms with E-state index >= 15 is 0 Å². The lowest BCUT2D eigenvalue weighted by atomic mass is 10.1. The van der Waals surface area contributed by atoms with Gasteiger partial charge in [-0.05, 0) is 30.5 Å². The molecule has 7 heteroatoms. The Hall–Kier alpha value is -2.83. The normalized spacial score (nSPS) is 13.1. The SMILES string of the molecule is CCc1cc(=O)oc2cc(O[C@H](C)C(=O)NC[C@@H](O)c3ccccc3)c(Cl)cc12. The van der Waals surface area contributed by atoms with Crippen molar-refractivity contribution < 1.29 is 19.1 Å². The van der Waals surface area contributed by atoms with E-state index in [0.29, 0.717) is 22.6 Å². The Bertz CT molecular complexity index is 1060. The fourth-order valence-corrected chi connectivity index (χ4v) is 3.20. The molecule has 1 amide bonds. The summed E-state index contributed by atoms with van der Waals surface area (Å²) in [5.74, 6) is -0.165. The molecule has 0 saturated carbocycles. The van der Waals surface area contributed by atoms with Gasteiger partial charge in [-0.2, -0.15) is 0 Å². The first-order chi connectivity index (χ1) is 13.9. The molecule has 0 fully saturated rings. The average Bonchev–Trinajstić information content (AvgIpc) is 2.72. The van der Waals surface area contributed by atoms with Crippen molar-refractivity contribution in [1.29, 1.82) is 0 Å². The second-order valence-corrected chi connectivity index (χ2v) is 7.06. The molecule has 0 aliphatic rings. The Morgan fingerprint density at radius 3 is 2.66 bits per heavy atom. The van der Waals surface area contributed by atoms with Gasteiger partial charge in [-0.15, -0.1) is 0 Å². The lowest BCUT2D eigenvalue weighted by Gasteiger charge is -2.18. The lowest BCUT2D eigenvalue weighted by Crippen LogP contribution is -2.38. The van der Waals surface area contributed by atoms with Gasteiger partial charge in [0.25, 0.3) is 5.91 Å². The van der Waals surface area contributed by atoms with Crippen LogP contribution in [0.25, 0.3) is 11.0 Å². The molecule has 0 saturated heterocycles. The van der Waals surface area contributed by atoms with Gasteiger partial charge in [0, 0.05) is 24.1 Å². The molecule has 0 aliphatic carbocycles. The maximum Gasteiger partial charge on any atom is 0.336 e. The summed E-state index contributed by atoms with van der Waals surface area (Å²) in [7, 11) is 0. The maximum atomic E-state index is 12.3. The molecule has 2 atom stereocenters. The molecule has 0 radical (unpaired) electrons. The Morgan fingerprint density at radius 1 is 1.24 bits per heavy atom. The molecule has 3 aromatic rings. The Labute approximate surface area is 173 Å².